The number of ether oxygens (including phenoxy) is 1. The van der Waals surface area contributed by atoms with Gasteiger partial charge in [0, 0.05) is 23.6 Å². The van der Waals surface area contributed by atoms with Crippen LogP contribution in [-0.2, 0) is 14.1 Å². The first-order chi connectivity index (χ1) is 9.13. The van der Waals surface area contributed by atoms with Gasteiger partial charge in [0.05, 0.1) is 12.0 Å². The van der Waals surface area contributed by atoms with E-state index in [0.29, 0.717) is 5.56 Å². The SMILES string of the molecule is COC(=O)C#Cc1ccc([N+](=O)[O-])cc1.O=P(O)(O)O. The highest BCUT2D eigenvalue weighted by molar-refractivity contribution is 7.45. The van der Waals surface area contributed by atoms with E-state index in [1.165, 1.54) is 31.4 Å². The molecule has 0 aromatic heterocycles. The Morgan fingerprint density at radius 1 is 1.30 bits per heavy atom. The molecule has 3 N–H and O–H groups in total. The molecule has 0 aliphatic rings. The van der Waals surface area contributed by atoms with E-state index in [1.807, 2.05) is 0 Å². The van der Waals surface area contributed by atoms with Crippen molar-refractivity contribution < 1.29 is 33.7 Å². The zero-order valence-corrected chi connectivity index (χ0v) is 11.0. The number of methoxy groups -OCH3 is 1. The lowest BCUT2D eigenvalue weighted by Gasteiger charge is -1.90. The smallest absolute Gasteiger partial charge is 0.459 e. The molecule has 1 aromatic rings. The second kappa shape index (κ2) is 8.04. The molecule has 10 heteroatoms. The first-order valence-corrected chi connectivity index (χ1v) is 6.32. The van der Waals surface area contributed by atoms with Crippen LogP contribution in [-0.4, -0.2) is 32.7 Å². The maximum Gasteiger partial charge on any atom is 0.466 e. The second-order valence-electron chi connectivity index (χ2n) is 3.06. The normalized spacial score (nSPS) is 9.40. The number of nitro benzene ring substituents is 1. The fourth-order valence-electron chi connectivity index (χ4n) is 0.841. The van der Waals surface area contributed by atoms with Gasteiger partial charge in [-0.25, -0.2) is 9.36 Å². The third-order valence-corrected chi connectivity index (χ3v) is 1.57. The summed E-state index contributed by atoms with van der Waals surface area (Å²) in [7, 11) is -3.41. The lowest BCUT2D eigenvalue weighted by molar-refractivity contribution is -0.384. The fourth-order valence-corrected chi connectivity index (χ4v) is 0.841. The van der Waals surface area contributed by atoms with E-state index >= 15 is 0 Å². The van der Waals surface area contributed by atoms with Crippen LogP contribution in [0.3, 0.4) is 0 Å². The van der Waals surface area contributed by atoms with E-state index < -0.39 is 18.7 Å². The van der Waals surface area contributed by atoms with Gasteiger partial charge in [-0.1, -0.05) is 5.92 Å². The van der Waals surface area contributed by atoms with Gasteiger partial charge in [-0.2, -0.15) is 0 Å². The molecule has 0 aliphatic carbocycles. The molecule has 0 saturated heterocycles. The molecule has 0 bridgehead atoms. The average Bonchev–Trinajstić information content (AvgIpc) is 2.34. The van der Waals surface area contributed by atoms with E-state index in [2.05, 4.69) is 16.6 Å². The molecule has 0 fully saturated rings. The Labute approximate surface area is 113 Å². The van der Waals surface area contributed by atoms with Gasteiger partial charge in [-0.15, -0.1) is 0 Å². The first-order valence-electron chi connectivity index (χ1n) is 4.76. The largest absolute Gasteiger partial charge is 0.466 e. The summed E-state index contributed by atoms with van der Waals surface area (Å²) < 4.78 is 13.2. The van der Waals surface area contributed by atoms with Crippen LogP contribution in [0.15, 0.2) is 24.3 Å². The molecule has 0 spiro atoms. The van der Waals surface area contributed by atoms with Crippen LogP contribution in [0.5, 0.6) is 0 Å². The Morgan fingerprint density at radius 2 is 1.75 bits per heavy atom. The molecular weight excluding hydrogens is 293 g/mol. The topological polar surface area (TPSA) is 147 Å². The number of esters is 1. The van der Waals surface area contributed by atoms with Crippen molar-refractivity contribution in [1.82, 2.24) is 0 Å². The van der Waals surface area contributed by atoms with Crippen molar-refractivity contribution in [3.05, 3.63) is 39.9 Å². The first kappa shape index (κ1) is 17.8. The number of carbonyl (C=O) groups is 1. The van der Waals surface area contributed by atoms with Crippen molar-refractivity contribution in [2.75, 3.05) is 7.11 Å². The number of non-ortho nitro benzene ring substituents is 1. The average molecular weight is 303 g/mol. The summed E-state index contributed by atoms with van der Waals surface area (Å²) >= 11 is 0. The molecular formula is C10H10NO8P. The van der Waals surface area contributed by atoms with Crippen molar-refractivity contribution in [2.24, 2.45) is 0 Å². The summed E-state index contributed by atoms with van der Waals surface area (Å²) in [6.07, 6.45) is 0. The van der Waals surface area contributed by atoms with Crippen molar-refractivity contribution in [3.8, 4) is 11.8 Å². The predicted octanol–water partition coefficient (Wildman–Crippen LogP) is 0.191. The number of nitrogens with zero attached hydrogens (tertiary/aromatic N) is 1. The van der Waals surface area contributed by atoms with Crippen LogP contribution in [0.2, 0.25) is 0 Å². The summed E-state index contributed by atoms with van der Waals surface area (Å²) in [5.74, 6) is 4.09. The van der Waals surface area contributed by atoms with Gasteiger partial charge in [-0.05, 0) is 12.1 Å². The molecule has 0 unspecified atom stereocenters. The van der Waals surface area contributed by atoms with Gasteiger partial charge in [-0.3, -0.25) is 10.1 Å². The number of carbonyl (C=O) groups excluding carboxylic acids is 1. The lowest BCUT2D eigenvalue weighted by atomic mass is 10.2. The van der Waals surface area contributed by atoms with Gasteiger partial charge in [0.1, 0.15) is 0 Å². The second-order valence-corrected chi connectivity index (χ2v) is 4.09. The minimum absolute atomic E-state index is 0.0152. The highest BCUT2D eigenvalue weighted by Crippen LogP contribution is 2.25. The monoisotopic (exact) mass is 303 g/mol. The van der Waals surface area contributed by atoms with E-state index in [0.717, 1.165) is 0 Å². The van der Waals surface area contributed by atoms with Crippen molar-refractivity contribution >= 4 is 19.5 Å². The lowest BCUT2D eigenvalue weighted by Crippen LogP contribution is -1.94. The highest BCUT2D eigenvalue weighted by Gasteiger charge is 2.02. The van der Waals surface area contributed by atoms with Crippen molar-refractivity contribution in [1.29, 1.82) is 0 Å². The molecule has 1 aromatic carbocycles. The molecule has 0 heterocycles. The minimum atomic E-state index is -4.64. The van der Waals surface area contributed by atoms with Crippen LogP contribution in [0.25, 0.3) is 0 Å². The van der Waals surface area contributed by atoms with E-state index in [-0.39, 0.29) is 5.69 Å². The van der Waals surface area contributed by atoms with Gasteiger partial charge in [0.25, 0.3) is 5.69 Å². The Bertz CT molecular complexity index is 571. The summed E-state index contributed by atoms with van der Waals surface area (Å²) in [4.78, 5) is 42.0. The predicted molar refractivity (Wildman–Crippen MR) is 66.3 cm³/mol. The third kappa shape index (κ3) is 9.76. The van der Waals surface area contributed by atoms with Crippen LogP contribution in [0.1, 0.15) is 5.56 Å². The summed E-state index contributed by atoms with van der Waals surface area (Å²) in [6, 6.07) is 5.57. The number of benzene rings is 1. The van der Waals surface area contributed by atoms with Crippen LogP contribution in [0.4, 0.5) is 5.69 Å². The zero-order chi connectivity index (χ0) is 15.8. The third-order valence-electron chi connectivity index (χ3n) is 1.57. The Morgan fingerprint density at radius 3 is 2.10 bits per heavy atom. The molecule has 20 heavy (non-hydrogen) atoms. The maximum absolute atomic E-state index is 10.7. The quantitative estimate of drug-likeness (QED) is 0.219. The highest BCUT2D eigenvalue weighted by atomic mass is 31.2. The van der Waals surface area contributed by atoms with Crippen LogP contribution < -0.4 is 0 Å². The molecule has 0 saturated carbocycles. The number of phosphoric acid groups is 1. The van der Waals surface area contributed by atoms with E-state index in [1.54, 1.807) is 0 Å². The Balaban J connectivity index is 0.000000621. The van der Waals surface area contributed by atoms with E-state index in [4.69, 9.17) is 19.2 Å². The van der Waals surface area contributed by atoms with Crippen LogP contribution in [0, 0.1) is 22.0 Å². The van der Waals surface area contributed by atoms with Gasteiger partial charge in [0.2, 0.25) is 0 Å². The van der Waals surface area contributed by atoms with Crippen molar-refractivity contribution in [3.63, 3.8) is 0 Å². The maximum atomic E-state index is 10.7. The van der Waals surface area contributed by atoms with E-state index in [9.17, 15) is 14.9 Å². The minimum Gasteiger partial charge on any atom is -0.459 e. The van der Waals surface area contributed by atoms with Gasteiger partial charge < -0.3 is 19.4 Å². The van der Waals surface area contributed by atoms with Gasteiger partial charge in [0.15, 0.2) is 0 Å². The number of hydrogen-bond donors (Lipinski definition) is 3. The molecule has 0 atom stereocenters. The number of hydrogen-bond acceptors (Lipinski definition) is 5. The zero-order valence-electron chi connectivity index (χ0n) is 10.1. The summed E-state index contributed by atoms with van der Waals surface area (Å²) in [5.41, 5.74) is 0.504. The molecule has 9 nitrogen and oxygen atoms in total. The van der Waals surface area contributed by atoms with Gasteiger partial charge >= 0.3 is 13.8 Å². The molecule has 108 valence electrons. The molecule has 1 rings (SSSR count). The summed E-state index contributed by atoms with van der Waals surface area (Å²) in [5, 5.41) is 10.3. The Hall–Kier alpha value is -2.24. The fraction of sp³-hybridized carbons (Fsp3) is 0.100. The summed E-state index contributed by atoms with van der Waals surface area (Å²) in [6.45, 7) is 0. The van der Waals surface area contributed by atoms with Crippen molar-refractivity contribution in [2.45, 2.75) is 0 Å². The molecule has 0 radical (unpaired) electrons. The van der Waals surface area contributed by atoms with Crippen LogP contribution >= 0.6 is 7.82 Å². The molecule has 0 aliphatic heterocycles. The number of rotatable bonds is 1. The standard InChI is InChI=1S/C10H7NO4.H3O4P/c1-15-10(12)7-4-8-2-5-9(6-3-8)11(13)14;1-5(2,3)4/h2-3,5-6H,1H3;(H3,1,2,3,4). The Kier molecular flexibility index (Phi) is 7.14. The molecule has 0 amide bonds. The number of nitro groups is 1.